The van der Waals surface area contributed by atoms with E-state index in [0.717, 1.165) is 16.9 Å². The second-order valence-electron chi connectivity index (χ2n) is 9.92. The quantitative estimate of drug-likeness (QED) is 0.659. The SMILES string of the molecule is CNC(=O)CCc1ccc(NC(=O)COc2ccc(C(C)(C)C)cc2C(C)(C)C)cc1. The largest absolute Gasteiger partial charge is 0.483 e. The highest BCUT2D eigenvalue weighted by Gasteiger charge is 2.23. The molecule has 168 valence electrons. The first-order valence-corrected chi connectivity index (χ1v) is 10.8. The zero-order chi connectivity index (χ0) is 23.2. The molecule has 5 heteroatoms. The molecule has 0 spiro atoms. The van der Waals surface area contributed by atoms with Gasteiger partial charge in [-0.25, -0.2) is 0 Å². The van der Waals surface area contributed by atoms with Gasteiger partial charge in [-0.05, 0) is 52.1 Å². The number of hydrogen-bond acceptors (Lipinski definition) is 3. The maximum Gasteiger partial charge on any atom is 0.262 e. The Labute approximate surface area is 186 Å². The molecule has 0 unspecified atom stereocenters. The Hall–Kier alpha value is -2.82. The molecule has 0 fully saturated rings. The number of anilines is 1. The molecule has 5 nitrogen and oxygen atoms in total. The first-order chi connectivity index (χ1) is 14.4. The van der Waals surface area contributed by atoms with E-state index in [2.05, 4.69) is 64.3 Å². The molecule has 2 amide bonds. The molecule has 0 aliphatic carbocycles. The van der Waals surface area contributed by atoms with E-state index in [9.17, 15) is 9.59 Å². The van der Waals surface area contributed by atoms with E-state index in [0.29, 0.717) is 18.5 Å². The molecule has 2 N–H and O–H groups in total. The zero-order valence-corrected chi connectivity index (χ0v) is 19.9. The Kier molecular flexibility index (Phi) is 7.88. The van der Waals surface area contributed by atoms with Crippen molar-refractivity contribution in [2.45, 2.75) is 65.2 Å². The van der Waals surface area contributed by atoms with Crippen molar-refractivity contribution < 1.29 is 14.3 Å². The third-order valence-electron chi connectivity index (χ3n) is 5.17. The average molecular weight is 425 g/mol. The van der Waals surface area contributed by atoms with Crippen LogP contribution in [0.1, 0.15) is 64.7 Å². The number of benzene rings is 2. The highest BCUT2D eigenvalue weighted by molar-refractivity contribution is 5.91. The van der Waals surface area contributed by atoms with E-state index in [1.165, 1.54) is 5.56 Å². The zero-order valence-electron chi connectivity index (χ0n) is 19.9. The van der Waals surface area contributed by atoms with Crippen LogP contribution in [0.25, 0.3) is 0 Å². The van der Waals surface area contributed by atoms with Crippen LogP contribution in [-0.2, 0) is 26.8 Å². The van der Waals surface area contributed by atoms with Crippen molar-refractivity contribution in [2.24, 2.45) is 0 Å². The number of nitrogens with one attached hydrogen (secondary N) is 2. The van der Waals surface area contributed by atoms with Gasteiger partial charge >= 0.3 is 0 Å². The molecular weight excluding hydrogens is 388 g/mol. The summed E-state index contributed by atoms with van der Waals surface area (Å²) in [5.74, 6) is 0.540. The van der Waals surface area contributed by atoms with Crippen LogP contribution in [0.5, 0.6) is 5.75 Å². The number of aryl methyl sites for hydroxylation is 1. The van der Waals surface area contributed by atoms with E-state index in [1.54, 1.807) is 7.05 Å². The number of hydrogen-bond donors (Lipinski definition) is 2. The van der Waals surface area contributed by atoms with Crippen LogP contribution >= 0.6 is 0 Å². The number of ether oxygens (including phenoxy) is 1. The summed E-state index contributed by atoms with van der Waals surface area (Å²) >= 11 is 0. The van der Waals surface area contributed by atoms with Gasteiger partial charge in [-0.1, -0.05) is 65.8 Å². The van der Waals surface area contributed by atoms with Gasteiger partial charge in [0, 0.05) is 19.2 Å². The summed E-state index contributed by atoms with van der Waals surface area (Å²) < 4.78 is 5.91. The highest BCUT2D eigenvalue weighted by Crippen LogP contribution is 2.35. The highest BCUT2D eigenvalue weighted by atomic mass is 16.5. The van der Waals surface area contributed by atoms with Crippen LogP contribution in [0.2, 0.25) is 0 Å². The normalized spacial score (nSPS) is 11.7. The number of rotatable bonds is 7. The Morgan fingerprint density at radius 2 is 1.52 bits per heavy atom. The first-order valence-electron chi connectivity index (χ1n) is 10.8. The van der Waals surface area contributed by atoms with E-state index >= 15 is 0 Å². The van der Waals surface area contributed by atoms with Gasteiger partial charge in [0.05, 0.1) is 0 Å². The minimum absolute atomic E-state index is 0.0136. The minimum Gasteiger partial charge on any atom is -0.483 e. The van der Waals surface area contributed by atoms with Crippen molar-refractivity contribution in [3.8, 4) is 5.75 Å². The van der Waals surface area contributed by atoms with Crippen molar-refractivity contribution in [2.75, 3.05) is 19.0 Å². The fraction of sp³-hybridized carbons (Fsp3) is 0.462. The monoisotopic (exact) mass is 424 g/mol. The van der Waals surface area contributed by atoms with Gasteiger partial charge in [-0.2, -0.15) is 0 Å². The third-order valence-corrected chi connectivity index (χ3v) is 5.17. The van der Waals surface area contributed by atoms with Crippen LogP contribution in [-0.4, -0.2) is 25.5 Å². The second kappa shape index (κ2) is 9.99. The Balaban J connectivity index is 2.00. The standard InChI is InChI=1S/C26H36N2O3/c1-25(2,3)19-11-14-22(21(16-19)26(4,5)6)31-17-24(30)28-20-12-8-18(9-13-20)10-15-23(29)27-7/h8-9,11-14,16H,10,15,17H2,1-7H3,(H,27,29)(H,28,30). The lowest BCUT2D eigenvalue weighted by Gasteiger charge is -2.27. The molecule has 0 heterocycles. The van der Waals surface area contributed by atoms with Gasteiger partial charge in [-0.15, -0.1) is 0 Å². The Morgan fingerprint density at radius 1 is 0.871 bits per heavy atom. The summed E-state index contributed by atoms with van der Waals surface area (Å²) in [5.41, 5.74) is 4.03. The van der Waals surface area contributed by atoms with Crippen molar-refractivity contribution in [3.05, 3.63) is 59.2 Å². The van der Waals surface area contributed by atoms with E-state index in [-0.39, 0.29) is 29.3 Å². The smallest absolute Gasteiger partial charge is 0.262 e. The van der Waals surface area contributed by atoms with E-state index in [4.69, 9.17) is 4.74 Å². The molecule has 0 aliphatic rings. The molecule has 0 aromatic heterocycles. The van der Waals surface area contributed by atoms with Gasteiger partial charge in [-0.3, -0.25) is 9.59 Å². The van der Waals surface area contributed by atoms with Gasteiger partial charge in [0.1, 0.15) is 5.75 Å². The van der Waals surface area contributed by atoms with Gasteiger partial charge in [0.2, 0.25) is 5.91 Å². The molecule has 0 saturated heterocycles. The molecule has 0 bridgehead atoms. The lowest BCUT2D eigenvalue weighted by Crippen LogP contribution is -2.22. The van der Waals surface area contributed by atoms with Crippen molar-refractivity contribution in [1.82, 2.24) is 5.32 Å². The van der Waals surface area contributed by atoms with E-state index < -0.39 is 0 Å². The van der Waals surface area contributed by atoms with Crippen molar-refractivity contribution in [3.63, 3.8) is 0 Å². The first kappa shape index (κ1) is 24.4. The molecule has 31 heavy (non-hydrogen) atoms. The Morgan fingerprint density at radius 3 is 2.06 bits per heavy atom. The fourth-order valence-corrected chi connectivity index (χ4v) is 3.19. The van der Waals surface area contributed by atoms with Crippen LogP contribution in [0.3, 0.4) is 0 Å². The van der Waals surface area contributed by atoms with Crippen molar-refractivity contribution >= 4 is 17.5 Å². The predicted molar refractivity (Wildman–Crippen MR) is 127 cm³/mol. The molecule has 0 aliphatic heterocycles. The molecular formula is C26H36N2O3. The number of carbonyl (C=O) groups is 2. The predicted octanol–water partition coefficient (Wildman–Crippen LogP) is 4.98. The summed E-state index contributed by atoms with van der Waals surface area (Å²) in [5, 5.41) is 5.48. The fourth-order valence-electron chi connectivity index (χ4n) is 3.19. The van der Waals surface area contributed by atoms with Crippen LogP contribution in [0, 0.1) is 0 Å². The van der Waals surface area contributed by atoms with Crippen LogP contribution < -0.4 is 15.4 Å². The lowest BCUT2D eigenvalue weighted by atomic mass is 9.80. The van der Waals surface area contributed by atoms with Crippen LogP contribution in [0.15, 0.2) is 42.5 Å². The molecule has 0 atom stereocenters. The van der Waals surface area contributed by atoms with Crippen LogP contribution in [0.4, 0.5) is 5.69 Å². The van der Waals surface area contributed by atoms with Crippen molar-refractivity contribution in [1.29, 1.82) is 0 Å². The minimum atomic E-state index is -0.210. The average Bonchev–Trinajstić information content (AvgIpc) is 2.70. The summed E-state index contributed by atoms with van der Waals surface area (Å²) in [6.07, 6.45) is 1.11. The molecule has 0 radical (unpaired) electrons. The lowest BCUT2D eigenvalue weighted by molar-refractivity contribution is -0.120. The second-order valence-corrected chi connectivity index (χ2v) is 9.92. The third kappa shape index (κ3) is 7.42. The van der Waals surface area contributed by atoms with Gasteiger partial charge in [0.25, 0.3) is 5.91 Å². The summed E-state index contributed by atoms with van der Waals surface area (Å²) in [6.45, 7) is 12.9. The molecule has 2 aromatic carbocycles. The van der Waals surface area contributed by atoms with Gasteiger partial charge in [0.15, 0.2) is 6.61 Å². The Bertz CT molecular complexity index is 904. The topological polar surface area (TPSA) is 67.4 Å². The maximum absolute atomic E-state index is 12.4. The molecule has 2 aromatic rings. The van der Waals surface area contributed by atoms with E-state index in [1.807, 2.05) is 30.3 Å². The summed E-state index contributed by atoms with van der Waals surface area (Å²) in [6, 6.07) is 13.7. The molecule has 0 saturated carbocycles. The summed E-state index contributed by atoms with van der Waals surface area (Å²) in [7, 11) is 1.63. The summed E-state index contributed by atoms with van der Waals surface area (Å²) in [4.78, 5) is 23.8. The number of amides is 2. The maximum atomic E-state index is 12.4. The number of carbonyl (C=O) groups excluding carboxylic acids is 2. The molecule has 2 rings (SSSR count). The van der Waals surface area contributed by atoms with Gasteiger partial charge < -0.3 is 15.4 Å².